The molecule has 2 N–H and O–H groups in total. The molecule has 0 heterocycles. The van der Waals surface area contributed by atoms with E-state index in [-0.39, 0.29) is 11.9 Å². The molecule has 0 saturated carbocycles. The number of hydrogen-bond acceptors (Lipinski definition) is 3. The molecule has 1 rings (SSSR count). The summed E-state index contributed by atoms with van der Waals surface area (Å²) in [7, 11) is 1.71. The molecular weight excluding hydrogens is 255 g/mol. The molecule has 0 aliphatic heterocycles. The number of methoxy groups -OCH3 is 1. The van der Waals surface area contributed by atoms with Crippen LogP contribution in [0, 0.1) is 11.7 Å². The Morgan fingerprint density at radius 1 is 1.30 bits per heavy atom. The third kappa shape index (κ3) is 6.46. The van der Waals surface area contributed by atoms with Crippen LogP contribution >= 0.6 is 0 Å². The van der Waals surface area contributed by atoms with Crippen LogP contribution in [0.25, 0.3) is 0 Å². The molecule has 0 saturated heterocycles. The second kappa shape index (κ2) is 9.06. The Hall–Kier alpha value is -0.970. The minimum absolute atomic E-state index is 0.122. The van der Waals surface area contributed by atoms with E-state index in [0.717, 1.165) is 38.2 Å². The zero-order valence-corrected chi connectivity index (χ0v) is 12.8. The highest BCUT2D eigenvalue weighted by Crippen LogP contribution is 2.16. The average Bonchev–Trinajstić information content (AvgIpc) is 2.41. The van der Waals surface area contributed by atoms with Crippen molar-refractivity contribution in [3.63, 3.8) is 0 Å². The fraction of sp³-hybridized carbons (Fsp3) is 0.625. The third-order valence-electron chi connectivity index (χ3n) is 3.27. The van der Waals surface area contributed by atoms with E-state index in [2.05, 4.69) is 18.7 Å². The first kappa shape index (κ1) is 17.1. The van der Waals surface area contributed by atoms with Gasteiger partial charge in [-0.2, -0.15) is 0 Å². The van der Waals surface area contributed by atoms with Gasteiger partial charge in [-0.15, -0.1) is 0 Å². The van der Waals surface area contributed by atoms with Crippen molar-refractivity contribution >= 4 is 0 Å². The number of benzene rings is 1. The maximum Gasteiger partial charge on any atom is 0.123 e. The van der Waals surface area contributed by atoms with Gasteiger partial charge in [0.2, 0.25) is 0 Å². The average molecular weight is 282 g/mol. The first-order chi connectivity index (χ1) is 9.52. The fourth-order valence-electron chi connectivity index (χ4n) is 2.26. The number of ether oxygens (including phenoxy) is 1. The van der Waals surface area contributed by atoms with E-state index < -0.39 is 0 Å². The lowest BCUT2D eigenvalue weighted by Crippen LogP contribution is -2.33. The number of rotatable bonds is 9. The monoisotopic (exact) mass is 282 g/mol. The summed E-state index contributed by atoms with van der Waals surface area (Å²) in [5.74, 6) is 0.383. The van der Waals surface area contributed by atoms with Gasteiger partial charge in [-0.05, 0) is 30.0 Å². The van der Waals surface area contributed by atoms with Gasteiger partial charge < -0.3 is 15.4 Å². The van der Waals surface area contributed by atoms with Gasteiger partial charge in [0.05, 0.1) is 6.61 Å². The molecule has 114 valence electrons. The van der Waals surface area contributed by atoms with Crippen molar-refractivity contribution in [1.29, 1.82) is 0 Å². The quantitative estimate of drug-likeness (QED) is 0.757. The second-order valence-electron chi connectivity index (χ2n) is 5.64. The molecule has 1 atom stereocenters. The normalized spacial score (nSPS) is 13.2. The molecule has 0 spiro atoms. The van der Waals surface area contributed by atoms with Crippen LogP contribution in [0.5, 0.6) is 0 Å². The Balaban J connectivity index is 2.48. The molecule has 0 aliphatic rings. The molecule has 0 amide bonds. The highest BCUT2D eigenvalue weighted by atomic mass is 19.1. The highest BCUT2D eigenvalue weighted by Gasteiger charge is 2.11. The SMILES string of the molecule is COCCN(CCC(N)c1cccc(F)c1)CC(C)C. The van der Waals surface area contributed by atoms with Crippen molar-refractivity contribution in [2.24, 2.45) is 11.7 Å². The molecule has 0 fully saturated rings. The lowest BCUT2D eigenvalue weighted by atomic mass is 10.0. The maximum absolute atomic E-state index is 13.2. The molecule has 20 heavy (non-hydrogen) atoms. The van der Waals surface area contributed by atoms with Crippen molar-refractivity contribution in [1.82, 2.24) is 4.90 Å². The third-order valence-corrected chi connectivity index (χ3v) is 3.27. The zero-order chi connectivity index (χ0) is 15.0. The fourth-order valence-corrected chi connectivity index (χ4v) is 2.26. The van der Waals surface area contributed by atoms with Crippen molar-refractivity contribution in [2.45, 2.75) is 26.3 Å². The van der Waals surface area contributed by atoms with Crippen LogP contribution in [0.15, 0.2) is 24.3 Å². The Morgan fingerprint density at radius 3 is 2.65 bits per heavy atom. The Labute approximate surface area is 121 Å². The van der Waals surface area contributed by atoms with Gasteiger partial charge in [0.25, 0.3) is 0 Å². The molecule has 1 unspecified atom stereocenters. The Kier molecular flexibility index (Phi) is 7.73. The van der Waals surface area contributed by atoms with Gasteiger partial charge in [-0.1, -0.05) is 26.0 Å². The maximum atomic E-state index is 13.2. The molecule has 0 bridgehead atoms. The summed E-state index contributed by atoms with van der Waals surface area (Å²) in [6.45, 7) is 7.96. The van der Waals surface area contributed by atoms with Gasteiger partial charge in [0.15, 0.2) is 0 Å². The second-order valence-corrected chi connectivity index (χ2v) is 5.64. The van der Waals surface area contributed by atoms with Crippen LogP contribution in [-0.2, 0) is 4.74 Å². The van der Waals surface area contributed by atoms with Gasteiger partial charge in [-0.25, -0.2) is 4.39 Å². The molecule has 1 aromatic rings. The number of halogens is 1. The lowest BCUT2D eigenvalue weighted by Gasteiger charge is -2.25. The molecular formula is C16H27FN2O. The minimum Gasteiger partial charge on any atom is -0.383 e. The molecule has 3 nitrogen and oxygen atoms in total. The lowest BCUT2D eigenvalue weighted by molar-refractivity contribution is 0.138. The van der Waals surface area contributed by atoms with Crippen LogP contribution in [0.3, 0.4) is 0 Å². The summed E-state index contributed by atoms with van der Waals surface area (Å²) in [6, 6.07) is 6.44. The number of hydrogen-bond donors (Lipinski definition) is 1. The van der Waals surface area contributed by atoms with E-state index in [4.69, 9.17) is 10.5 Å². The first-order valence-corrected chi connectivity index (χ1v) is 7.25. The summed E-state index contributed by atoms with van der Waals surface area (Å²) in [5.41, 5.74) is 7.01. The van der Waals surface area contributed by atoms with Gasteiger partial charge in [-0.3, -0.25) is 0 Å². The topological polar surface area (TPSA) is 38.5 Å². The predicted molar refractivity (Wildman–Crippen MR) is 81.1 cm³/mol. The van der Waals surface area contributed by atoms with Crippen LogP contribution in [0.2, 0.25) is 0 Å². The van der Waals surface area contributed by atoms with Crippen molar-refractivity contribution in [3.8, 4) is 0 Å². The van der Waals surface area contributed by atoms with E-state index in [1.54, 1.807) is 13.2 Å². The van der Waals surface area contributed by atoms with Crippen LogP contribution in [-0.4, -0.2) is 38.3 Å². The van der Waals surface area contributed by atoms with Gasteiger partial charge >= 0.3 is 0 Å². The molecule has 0 aromatic heterocycles. The first-order valence-electron chi connectivity index (χ1n) is 7.25. The smallest absolute Gasteiger partial charge is 0.123 e. The van der Waals surface area contributed by atoms with Crippen molar-refractivity contribution in [3.05, 3.63) is 35.6 Å². The van der Waals surface area contributed by atoms with Gasteiger partial charge in [0, 0.05) is 32.8 Å². The summed E-state index contributed by atoms with van der Waals surface area (Å²) >= 11 is 0. The Morgan fingerprint density at radius 2 is 2.05 bits per heavy atom. The largest absolute Gasteiger partial charge is 0.383 e. The predicted octanol–water partition coefficient (Wildman–Crippen LogP) is 2.82. The van der Waals surface area contributed by atoms with Crippen molar-refractivity contribution < 1.29 is 9.13 Å². The van der Waals surface area contributed by atoms with E-state index in [9.17, 15) is 4.39 Å². The molecule has 4 heteroatoms. The van der Waals surface area contributed by atoms with Crippen LogP contribution in [0.1, 0.15) is 31.9 Å². The minimum atomic E-state index is -0.226. The summed E-state index contributed by atoms with van der Waals surface area (Å²) < 4.78 is 18.3. The molecule has 1 aromatic carbocycles. The zero-order valence-electron chi connectivity index (χ0n) is 12.8. The Bertz CT molecular complexity index is 384. The standard InChI is InChI=1S/C16H27FN2O/c1-13(2)12-19(9-10-20-3)8-7-16(18)14-5-4-6-15(17)11-14/h4-6,11,13,16H,7-10,12,18H2,1-3H3. The number of nitrogens with two attached hydrogens (primary N) is 1. The number of nitrogens with zero attached hydrogens (tertiary/aromatic N) is 1. The van der Waals surface area contributed by atoms with Crippen LogP contribution in [0.4, 0.5) is 4.39 Å². The molecule has 0 aliphatic carbocycles. The van der Waals surface area contributed by atoms with Gasteiger partial charge in [0.1, 0.15) is 5.82 Å². The summed E-state index contributed by atoms with van der Waals surface area (Å²) in [6.07, 6.45) is 0.819. The van der Waals surface area contributed by atoms with Crippen LogP contribution < -0.4 is 5.73 Å². The molecule has 0 radical (unpaired) electrons. The van der Waals surface area contributed by atoms with E-state index in [1.165, 1.54) is 12.1 Å². The van der Waals surface area contributed by atoms with E-state index in [0.29, 0.717) is 5.92 Å². The summed E-state index contributed by atoms with van der Waals surface area (Å²) in [5, 5.41) is 0. The van der Waals surface area contributed by atoms with E-state index >= 15 is 0 Å². The highest BCUT2D eigenvalue weighted by molar-refractivity contribution is 5.19. The van der Waals surface area contributed by atoms with Crippen molar-refractivity contribution in [2.75, 3.05) is 33.4 Å². The van der Waals surface area contributed by atoms with E-state index in [1.807, 2.05) is 6.07 Å². The summed E-state index contributed by atoms with van der Waals surface area (Å²) in [4.78, 5) is 2.35.